The van der Waals surface area contributed by atoms with Crippen LogP contribution in [0.3, 0.4) is 0 Å². The largest absolute Gasteiger partial charge is 0.618 e. The van der Waals surface area contributed by atoms with Crippen LogP contribution in [0.1, 0.15) is 5.56 Å². The smallest absolute Gasteiger partial charge is 0.256 e. The highest BCUT2D eigenvalue weighted by Gasteiger charge is 2.14. The Balaban J connectivity index is 2.41. The molecule has 124 valence electrons. The monoisotopic (exact) mass is 344 g/mol. The third kappa shape index (κ3) is 3.91. The maximum Gasteiger partial charge on any atom is 0.256 e. The summed E-state index contributed by atoms with van der Waals surface area (Å²) in [6, 6.07) is 10.6. The molecular weight excluding hydrogens is 328 g/mol. The summed E-state index contributed by atoms with van der Waals surface area (Å²) in [6.07, 6.45) is 3.04. The molecule has 0 saturated heterocycles. The molecule has 0 aliphatic rings. The maximum absolute atomic E-state index is 11.7. The van der Waals surface area contributed by atoms with E-state index in [9.17, 15) is 10.5 Å². The number of thioether (sulfide) groups is 1. The molecule has 24 heavy (non-hydrogen) atoms. The molecule has 0 bridgehead atoms. The molecule has 1 aromatic heterocycles. The number of nitrogens with zero attached hydrogens (tertiary/aromatic N) is 2. The van der Waals surface area contributed by atoms with Gasteiger partial charge >= 0.3 is 0 Å². The van der Waals surface area contributed by atoms with Crippen molar-refractivity contribution in [3.63, 3.8) is 0 Å². The molecule has 2 aromatic rings. The number of benzene rings is 1. The van der Waals surface area contributed by atoms with Crippen molar-refractivity contribution in [3.8, 4) is 23.3 Å². The number of ether oxygens (including phenoxy) is 3. The van der Waals surface area contributed by atoms with Crippen LogP contribution in [-0.2, 0) is 0 Å². The highest BCUT2D eigenvalue weighted by Crippen LogP contribution is 2.39. The Kier molecular flexibility index (Phi) is 5.93. The molecule has 1 heterocycles. The second kappa shape index (κ2) is 8.13. The molecule has 0 spiro atoms. The lowest BCUT2D eigenvalue weighted by Crippen LogP contribution is -2.27. The molecule has 2 rings (SSSR count). The van der Waals surface area contributed by atoms with Gasteiger partial charge in [0.05, 0.1) is 26.2 Å². The van der Waals surface area contributed by atoms with E-state index >= 15 is 0 Å². The Morgan fingerprint density at radius 3 is 2.33 bits per heavy atom. The molecule has 0 amide bonds. The van der Waals surface area contributed by atoms with Gasteiger partial charge in [-0.15, -0.1) is 0 Å². The Bertz CT molecular complexity index is 774. The van der Waals surface area contributed by atoms with E-state index in [1.165, 1.54) is 27.5 Å². The second-order valence-corrected chi connectivity index (χ2v) is 5.61. The lowest BCUT2D eigenvalue weighted by atomic mass is 10.1. The van der Waals surface area contributed by atoms with Crippen molar-refractivity contribution in [2.45, 2.75) is 5.03 Å². The van der Waals surface area contributed by atoms with Gasteiger partial charge in [-0.05, 0) is 41.6 Å². The Labute approximate surface area is 144 Å². The summed E-state index contributed by atoms with van der Waals surface area (Å²) < 4.78 is 16.6. The molecular formula is C17H16N2O4S. The van der Waals surface area contributed by atoms with Gasteiger partial charge < -0.3 is 19.4 Å². The van der Waals surface area contributed by atoms with E-state index in [1.54, 1.807) is 36.4 Å². The van der Waals surface area contributed by atoms with Gasteiger partial charge in [-0.25, -0.2) is 0 Å². The lowest BCUT2D eigenvalue weighted by molar-refractivity contribution is -0.645. The van der Waals surface area contributed by atoms with Crippen LogP contribution in [0.15, 0.2) is 46.5 Å². The van der Waals surface area contributed by atoms with E-state index in [2.05, 4.69) is 6.07 Å². The average molecular weight is 344 g/mol. The fraction of sp³-hybridized carbons (Fsp3) is 0.176. The van der Waals surface area contributed by atoms with Gasteiger partial charge in [-0.2, -0.15) is 9.99 Å². The minimum Gasteiger partial charge on any atom is -0.618 e. The van der Waals surface area contributed by atoms with Gasteiger partial charge in [0.2, 0.25) is 5.75 Å². The van der Waals surface area contributed by atoms with E-state index in [-0.39, 0.29) is 0 Å². The molecule has 1 aromatic carbocycles. The fourth-order valence-corrected chi connectivity index (χ4v) is 2.79. The number of aromatic nitrogens is 1. The van der Waals surface area contributed by atoms with Crippen molar-refractivity contribution in [2.75, 3.05) is 21.3 Å². The standard InChI is InChI=1S/C17H16N2O4S/c1-21-14-9-12(10-15(22-2)17(14)23-3)8-13(11-18)24-16-6-4-5-7-19(16)20/h4-10H,1-3H3/b13-8-. The molecule has 0 fully saturated rings. The van der Waals surface area contributed by atoms with Crippen molar-refractivity contribution in [1.82, 2.24) is 0 Å². The summed E-state index contributed by atoms with van der Waals surface area (Å²) in [5, 5.41) is 21.5. The maximum atomic E-state index is 11.7. The number of hydrogen-bond acceptors (Lipinski definition) is 6. The molecule has 0 aliphatic carbocycles. The first kappa shape index (κ1) is 17.5. The lowest BCUT2D eigenvalue weighted by Gasteiger charge is -2.13. The Morgan fingerprint density at radius 1 is 1.17 bits per heavy atom. The number of nitriles is 1. The molecule has 0 radical (unpaired) electrons. The molecule has 0 saturated carbocycles. The quantitative estimate of drug-likeness (QED) is 0.347. The number of methoxy groups -OCH3 is 3. The van der Waals surface area contributed by atoms with Gasteiger partial charge in [0, 0.05) is 12.1 Å². The summed E-state index contributed by atoms with van der Waals surface area (Å²) in [6.45, 7) is 0. The van der Waals surface area contributed by atoms with E-state index in [0.717, 1.165) is 11.8 Å². The number of allylic oxidation sites excluding steroid dienone is 1. The number of hydrogen-bond donors (Lipinski definition) is 0. The predicted octanol–water partition coefficient (Wildman–Crippen LogP) is 3.00. The first-order chi connectivity index (χ1) is 11.6. The molecule has 0 unspecified atom stereocenters. The summed E-state index contributed by atoms with van der Waals surface area (Å²) in [5.41, 5.74) is 0.696. The minimum absolute atomic E-state index is 0.361. The van der Waals surface area contributed by atoms with Gasteiger partial charge in [-0.3, -0.25) is 0 Å². The van der Waals surface area contributed by atoms with Crippen LogP contribution in [0, 0.1) is 16.5 Å². The van der Waals surface area contributed by atoms with Crippen LogP contribution in [0.25, 0.3) is 6.08 Å². The van der Waals surface area contributed by atoms with Gasteiger partial charge in [0.1, 0.15) is 6.07 Å². The first-order valence-electron chi connectivity index (χ1n) is 6.90. The summed E-state index contributed by atoms with van der Waals surface area (Å²) in [4.78, 5) is 0.361. The zero-order valence-electron chi connectivity index (χ0n) is 13.5. The number of rotatable bonds is 6. The molecule has 0 atom stereocenters. The summed E-state index contributed by atoms with van der Waals surface area (Å²) >= 11 is 1.08. The predicted molar refractivity (Wildman–Crippen MR) is 90.9 cm³/mol. The van der Waals surface area contributed by atoms with Crippen LogP contribution >= 0.6 is 11.8 Å². The van der Waals surface area contributed by atoms with Crippen LogP contribution in [0.5, 0.6) is 17.2 Å². The normalized spacial score (nSPS) is 10.8. The zero-order valence-corrected chi connectivity index (χ0v) is 14.3. The Hall–Kier alpha value is -2.85. The van der Waals surface area contributed by atoms with E-state index in [0.29, 0.717) is 37.5 Å². The SMILES string of the molecule is COc1cc(/C=C(/C#N)Sc2cccc[n+]2[O-])cc(OC)c1OC. The summed E-state index contributed by atoms with van der Waals surface area (Å²) in [5.74, 6) is 1.46. The topological polar surface area (TPSA) is 78.4 Å². The highest BCUT2D eigenvalue weighted by atomic mass is 32.2. The van der Waals surface area contributed by atoms with Gasteiger partial charge in [-0.1, -0.05) is 0 Å². The van der Waals surface area contributed by atoms with Crippen molar-refractivity contribution >= 4 is 17.8 Å². The van der Waals surface area contributed by atoms with Crippen molar-refractivity contribution in [3.05, 3.63) is 52.2 Å². The average Bonchev–Trinajstić information content (AvgIpc) is 2.61. The Morgan fingerprint density at radius 2 is 1.83 bits per heavy atom. The van der Waals surface area contributed by atoms with Crippen molar-refractivity contribution in [2.24, 2.45) is 0 Å². The van der Waals surface area contributed by atoms with Crippen LogP contribution in [-0.4, -0.2) is 21.3 Å². The van der Waals surface area contributed by atoms with E-state index in [4.69, 9.17) is 14.2 Å². The molecule has 0 N–H and O–H groups in total. The zero-order chi connectivity index (χ0) is 17.5. The molecule has 6 nitrogen and oxygen atoms in total. The van der Waals surface area contributed by atoms with Crippen LogP contribution < -0.4 is 18.9 Å². The van der Waals surface area contributed by atoms with Crippen LogP contribution in [0.2, 0.25) is 0 Å². The second-order valence-electron chi connectivity index (χ2n) is 4.55. The van der Waals surface area contributed by atoms with Gasteiger partial charge in [0.15, 0.2) is 17.7 Å². The first-order valence-corrected chi connectivity index (χ1v) is 7.72. The third-order valence-corrected chi connectivity index (χ3v) is 4.05. The van der Waals surface area contributed by atoms with Crippen LogP contribution in [0.4, 0.5) is 0 Å². The van der Waals surface area contributed by atoms with Gasteiger partial charge in [0.25, 0.3) is 5.03 Å². The minimum atomic E-state index is 0.361. The van der Waals surface area contributed by atoms with Crippen molar-refractivity contribution in [1.29, 1.82) is 5.26 Å². The number of pyridine rings is 1. The van der Waals surface area contributed by atoms with E-state index < -0.39 is 0 Å². The summed E-state index contributed by atoms with van der Waals surface area (Å²) in [7, 11) is 4.57. The molecule has 0 aliphatic heterocycles. The van der Waals surface area contributed by atoms with Crippen molar-refractivity contribution < 1.29 is 18.9 Å². The van der Waals surface area contributed by atoms with E-state index in [1.807, 2.05) is 0 Å². The highest BCUT2D eigenvalue weighted by molar-refractivity contribution is 8.03. The third-order valence-electron chi connectivity index (χ3n) is 3.10. The molecule has 7 heteroatoms. The fourth-order valence-electron chi connectivity index (χ4n) is 2.02.